The number of imidazole rings is 1. The van der Waals surface area contributed by atoms with E-state index in [1.807, 2.05) is 18.7 Å². The molecule has 0 spiro atoms. The molecule has 3 atom stereocenters. The first-order chi connectivity index (χ1) is 10.1. The molecule has 0 radical (unpaired) electrons. The van der Waals surface area contributed by atoms with E-state index in [9.17, 15) is 0 Å². The molecule has 6 heteroatoms. The number of hydrogen-bond acceptors (Lipinski definition) is 3. The molecule has 2 aromatic heterocycles. The Hall–Kier alpha value is -1.07. The van der Waals surface area contributed by atoms with Gasteiger partial charge in [0, 0.05) is 20.2 Å². The molecule has 1 aliphatic carbocycles. The molecule has 21 heavy (non-hydrogen) atoms. The minimum atomic E-state index is -0.108. The molecule has 2 heterocycles. The zero-order valence-corrected chi connectivity index (χ0v) is 13.9. The monoisotopic (exact) mass is 310 g/mol. The van der Waals surface area contributed by atoms with Gasteiger partial charge in [-0.1, -0.05) is 6.92 Å². The second kappa shape index (κ2) is 5.61. The summed E-state index contributed by atoms with van der Waals surface area (Å²) < 4.78 is 9.77. The Balaban J connectivity index is 2.14. The van der Waals surface area contributed by atoms with Crippen molar-refractivity contribution in [2.75, 3.05) is 7.11 Å². The molecule has 0 amide bonds. The van der Waals surface area contributed by atoms with Gasteiger partial charge in [0.1, 0.15) is 11.3 Å². The van der Waals surface area contributed by atoms with Gasteiger partial charge in [-0.05, 0) is 32.6 Å². The molecule has 0 aliphatic heterocycles. The van der Waals surface area contributed by atoms with E-state index in [4.69, 9.17) is 21.3 Å². The summed E-state index contributed by atoms with van der Waals surface area (Å²) >= 11 is 6.39. The Morgan fingerprint density at radius 1 is 1.43 bits per heavy atom. The molecular weight excluding hydrogens is 288 g/mol. The highest BCUT2D eigenvalue weighted by atomic mass is 35.5. The first kappa shape index (κ1) is 14.9. The predicted octanol–water partition coefficient (Wildman–Crippen LogP) is 3.37. The Morgan fingerprint density at radius 3 is 2.76 bits per heavy atom. The van der Waals surface area contributed by atoms with E-state index >= 15 is 0 Å². The van der Waals surface area contributed by atoms with Crippen molar-refractivity contribution >= 4 is 22.8 Å². The molecular formula is C15H23ClN4O. The van der Waals surface area contributed by atoms with Crippen LogP contribution in [0.1, 0.15) is 56.0 Å². The minimum Gasteiger partial charge on any atom is -0.381 e. The van der Waals surface area contributed by atoms with Crippen molar-refractivity contribution in [2.24, 2.45) is 7.05 Å². The Kier molecular flexibility index (Phi) is 3.97. The van der Waals surface area contributed by atoms with E-state index < -0.39 is 0 Å². The van der Waals surface area contributed by atoms with Gasteiger partial charge in [-0.15, -0.1) is 11.6 Å². The fraction of sp³-hybridized carbons (Fsp3) is 0.733. The third kappa shape index (κ3) is 2.36. The number of halogens is 1. The third-order valence-corrected chi connectivity index (χ3v) is 4.70. The molecule has 5 nitrogen and oxygen atoms in total. The van der Waals surface area contributed by atoms with Crippen LogP contribution in [-0.4, -0.2) is 32.5 Å². The van der Waals surface area contributed by atoms with Crippen molar-refractivity contribution in [3.05, 3.63) is 11.5 Å². The fourth-order valence-corrected chi connectivity index (χ4v) is 3.62. The lowest BCUT2D eigenvalue weighted by Crippen LogP contribution is -2.14. The van der Waals surface area contributed by atoms with Crippen LogP contribution in [0.5, 0.6) is 0 Å². The SMILES string of the molecule is CCc1nn(C)c2c1nc(C(C)Cl)n2C1CCC(OC)C1. The van der Waals surface area contributed by atoms with Crippen LogP contribution in [-0.2, 0) is 18.2 Å². The van der Waals surface area contributed by atoms with Crippen molar-refractivity contribution < 1.29 is 4.74 Å². The number of aryl methyl sites for hydroxylation is 2. The highest BCUT2D eigenvalue weighted by molar-refractivity contribution is 6.20. The van der Waals surface area contributed by atoms with Crippen LogP contribution in [0.2, 0.25) is 0 Å². The second-order valence-electron chi connectivity index (χ2n) is 5.88. The molecule has 1 saturated carbocycles. The maximum atomic E-state index is 6.39. The number of nitrogens with zero attached hydrogens (tertiary/aromatic N) is 4. The number of alkyl halides is 1. The number of aromatic nitrogens is 4. The van der Waals surface area contributed by atoms with Gasteiger partial charge < -0.3 is 9.30 Å². The van der Waals surface area contributed by atoms with Gasteiger partial charge in [-0.25, -0.2) is 4.98 Å². The minimum absolute atomic E-state index is 0.108. The number of methoxy groups -OCH3 is 1. The number of rotatable bonds is 4. The largest absolute Gasteiger partial charge is 0.381 e. The Morgan fingerprint density at radius 2 is 2.19 bits per heavy atom. The average Bonchev–Trinajstić information content (AvgIpc) is 3.13. The summed E-state index contributed by atoms with van der Waals surface area (Å²) in [6.07, 6.45) is 4.44. The van der Waals surface area contributed by atoms with Gasteiger partial charge in [0.05, 0.1) is 17.2 Å². The topological polar surface area (TPSA) is 44.9 Å². The van der Waals surface area contributed by atoms with Gasteiger partial charge in [-0.3, -0.25) is 4.68 Å². The first-order valence-corrected chi connectivity index (χ1v) is 8.11. The second-order valence-corrected chi connectivity index (χ2v) is 6.53. The lowest BCUT2D eigenvalue weighted by atomic mass is 10.2. The lowest BCUT2D eigenvalue weighted by molar-refractivity contribution is 0.106. The van der Waals surface area contributed by atoms with Crippen molar-refractivity contribution in [3.8, 4) is 0 Å². The van der Waals surface area contributed by atoms with Crippen LogP contribution in [0.15, 0.2) is 0 Å². The summed E-state index contributed by atoms with van der Waals surface area (Å²) in [5.74, 6) is 0.955. The van der Waals surface area contributed by atoms with Crippen molar-refractivity contribution in [2.45, 2.75) is 57.1 Å². The smallest absolute Gasteiger partial charge is 0.158 e. The molecule has 1 aliphatic rings. The molecule has 2 aromatic rings. The summed E-state index contributed by atoms with van der Waals surface area (Å²) in [5.41, 5.74) is 3.14. The quantitative estimate of drug-likeness (QED) is 0.813. The molecule has 0 aromatic carbocycles. The zero-order valence-electron chi connectivity index (χ0n) is 13.1. The van der Waals surface area contributed by atoms with Gasteiger partial charge in [0.25, 0.3) is 0 Å². The molecule has 116 valence electrons. The molecule has 3 unspecified atom stereocenters. The van der Waals surface area contributed by atoms with Gasteiger partial charge in [0.2, 0.25) is 0 Å². The van der Waals surface area contributed by atoms with Crippen LogP contribution in [0.3, 0.4) is 0 Å². The maximum absolute atomic E-state index is 6.39. The molecule has 1 fully saturated rings. The molecule has 0 saturated heterocycles. The summed E-state index contributed by atoms with van der Waals surface area (Å²) in [6.45, 7) is 4.10. The molecule has 0 N–H and O–H groups in total. The van der Waals surface area contributed by atoms with Crippen LogP contribution < -0.4 is 0 Å². The van der Waals surface area contributed by atoms with Gasteiger partial charge in [-0.2, -0.15) is 5.10 Å². The van der Waals surface area contributed by atoms with Crippen LogP contribution >= 0.6 is 11.6 Å². The van der Waals surface area contributed by atoms with E-state index in [0.717, 1.165) is 48.4 Å². The van der Waals surface area contributed by atoms with Crippen LogP contribution in [0.25, 0.3) is 11.2 Å². The van der Waals surface area contributed by atoms with Gasteiger partial charge in [0.15, 0.2) is 5.65 Å². The zero-order chi connectivity index (χ0) is 15.1. The summed E-state index contributed by atoms with van der Waals surface area (Å²) in [7, 11) is 3.78. The normalized spacial score (nSPS) is 24.0. The Bertz CT molecular complexity index is 646. The number of fused-ring (bicyclic) bond motifs is 1. The summed E-state index contributed by atoms with van der Waals surface area (Å²) in [4.78, 5) is 4.81. The summed E-state index contributed by atoms with van der Waals surface area (Å²) in [6, 6.07) is 0.399. The average molecular weight is 311 g/mol. The van der Waals surface area contributed by atoms with E-state index in [-0.39, 0.29) is 5.38 Å². The lowest BCUT2D eigenvalue weighted by Gasteiger charge is -2.18. The highest BCUT2D eigenvalue weighted by Gasteiger charge is 2.31. The molecule has 0 bridgehead atoms. The van der Waals surface area contributed by atoms with E-state index in [1.54, 1.807) is 7.11 Å². The van der Waals surface area contributed by atoms with Crippen molar-refractivity contribution in [1.82, 2.24) is 19.3 Å². The van der Waals surface area contributed by atoms with Crippen molar-refractivity contribution in [1.29, 1.82) is 0 Å². The summed E-state index contributed by atoms with van der Waals surface area (Å²) in [5, 5.41) is 4.49. The van der Waals surface area contributed by atoms with E-state index in [2.05, 4.69) is 16.6 Å². The van der Waals surface area contributed by atoms with E-state index in [0.29, 0.717) is 12.1 Å². The number of hydrogen-bond donors (Lipinski definition) is 0. The fourth-order valence-electron chi connectivity index (χ4n) is 3.46. The van der Waals surface area contributed by atoms with E-state index in [1.165, 1.54) is 0 Å². The maximum Gasteiger partial charge on any atom is 0.158 e. The number of ether oxygens (including phenoxy) is 1. The predicted molar refractivity (Wildman–Crippen MR) is 83.8 cm³/mol. The standard InChI is InChI=1S/C15H23ClN4O/c1-5-12-13-15(19(3)18-12)20(14(17-13)9(2)16)10-6-7-11(8-10)21-4/h9-11H,5-8H2,1-4H3. The molecule has 3 rings (SSSR count). The van der Waals surface area contributed by atoms with Crippen molar-refractivity contribution in [3.63, 3.8) is 0 Å². The first-order valence-electron chi connectivity index (χ1n) is 7.67. The third-order valence-electron chi connectivity index (χ3n) is 4.51. The van der Waals surface area contributed by atoms with Crippen LogP contribution in [0.4, 0.5) is 0 Å². The Labute approximate surface area is 130 Å². The van der Waals surface area contributed by atoms with Gasteiger partial charge >= 0.3 is 0 Å². The highest BCUT2D eigenvalue weighted by Crippen LogP contribution is 2.38. The van der Waals surface area contributed by atoms with Crippen LogP contribution in [0, 0.1) is 0 Å².